The quantitative estimate of drug-likeness (QED) is 0.842. The Balaban J connectivity index is 2.02. The van der Waals surface area contributed by atoms with Gasteiger partial charge in [-0.05, 0) is 25.3 Å². The van der Waals surface area contributed by atoms with Crippen LogP contribution in [0.15, 0.2) is 35.5 Å². The fourth-order valence-corrected chi connectivity index (χ4v) is 3.59. The van der Waals surface area contributed by atoms with Crippen LogP contribution in [-0.4, -0.2) is 54.6 Å². The van der Waals surface area contributed by atoms with Crippen molar-refractivity contribution < 1.29 is 18.7 Å². The molecule has 2 heterocycles. The van der Waals surface area contributed by atoms with Crippen LogP contribution in [0, 0.1) is 11.7 Å². The summed E-state index contributed by atoms with van der Waals surface area (Å²) in [5.74, 6) is -0.199. The van der Waals surface area contributed by atoms with E-state index in [4.69, 9.17) is 4.74 Å². The minimum Gasteiger partial charge on any atom is -0.378 e. The number of benzene rings is 1. The number of nitrogens with zero attached hydrogens (tertiary/aromatic N) is 2. The summed E-state index contributed by atoms with van der Waals surface area (Å²) in [6, 6.07) is 5.16. The van der Waals surface area contributed by atoms with E-state index in [2.05, 4.69) is 19.2 Å². The van der Waals surface area contributed by atoms with Crippen molar-refractivity contribution in [3.05, 3.63) is 46.9 Å². The molecule has 0 aromatic heterocycles. The van der Waals surface area contributed by atoms with Gasteiger partial charge in [0.2, 0.25) is 0 Å². The number of morpholine rings is 1. The second-order valence-corrected chi connectivity index (χ2v) is 7.64. The first-order chi connectivity index (χ1) is 13.4. The van der Waals surface area contributed by atoms with Crippen molar-refractivity contribution in [2.45, 2.75) is 33.2 Å². The van der Waals surface area contributed by atoms with Crippen molar-refractivity contribution in [3.8, 4) is 0 Å². The Morgan fingerprint density at radius 3 is 2.61 bits per heavy atom. The molecule has 3 amide bonds. The highest BCUT2D eigenvalue weighted by Gasteiger charge is 2.38. The van der Waals surface area contributed by atoms with Crippen LogP contribution in [0.5, 0.6) is 0 Å². The minimum atomic E-state index is -0.806. The smallest absolute Gasteiger partial charge is 0.322 e. The normalized spacial score (nSPS) is 20.6. The molecular weight excluding hydrogens is 361 g/mol. The van der Waals surface area contributed by atoms with Gasteiger partial charge in [-0.2, -0.15) is 0 Å². The molecule has 1 atom stereocenters. The lowest BCUT2D eigenvalue weighted by Gasteiger charge is -2.38. The van der Waals surface area contributed by atoms with Crippen LogP contribution >= 0.6 is 0 Å². The van der Waals surface area contributed by atoms with Crippen LogP contribution in [-0.2, 0) is 9.53 Å². The SMILES string of the molecule is CC1=C(C(=O)N2CCOCC2)[C@H](c2ccccc2F)NC(=O)N1CCC(C)C. The summed E-state index contributed by atoms with van der Waals surface area (Å²) >= 11 is 0. The lowest BCUT2D eigenvalue weighted by molar-refractivity contribution is -0.131. The van der Waals surface area contributed by atoms with Gasteiger partial charge in [-0.3, -0.25) is 9.69 Å². The second-order valence-electron chi connectivity index (χ2n) is 7.64. The van der Waals surface area contributed by atoms with Crippen LogP contribution in [0.2, 0.25) is 0 Å². The molecule has 0 bridgehead atoms. The minimum absolute atomic E-state index is 0.177. The van der Waals surface area contributed by atoms with Crippen LogP contribution in [0.1, 0.15) is 38.8 Å². The third-order valence-electron chi connectivity index (χ3n) is 5.27. The first kappa shape index (κ1) is 20.3. The largest absolute Gasteiger partial charge is 0.378 e. The molecule has 0 saturated carbocycles. The number of carbonyl (C=O) groups excluding carboxylic acids is 2. The van der Waals surface area contributed by atoms with Gasteiger partial charge in [0, 0.05) is 30.9 Å². The highest BCUT2D eigenvalue weighted by atomic mass is 19.1. The maximum Gasteiger partial charge on any atom is 0.322 e. The maximum atomic E-state index is 14.5. The van der Waals surface area contributed by atoms with E-state index in [0.29, 0.717) is 55.6 Å². The molecule has 1 fully saturated rings. The molecule has 0 unspecified atom stereocenters. The van der Waals surface area contributed by atoms with Crippen LogP contribution in [0.4, 0.5) is 9.18 Å². The molecule has 0 radical (unpaired) electrons. The molecule has 3 rings (SSSR count). The summed E-state index contributed by atoms with van der Waals surface area (Å²) < 4.78 is 19.9. The van der Waals surface area contributed by atoms with Gasteiger partial charge in [-0.15, -0.1) is 0 Å². The van der Waals surface area contributed by atoms with E-state index in [-0.39, 0.29) is 11.9 Å². The molecule has 1 aromatic rings. The van der Waals surface area contributed by atoms with E-state index in [9.17, 15) is 14.0 Å². The summed E-state index contributed by atoms with van der Waals surface area (Å²) in [6.45, 7) is 8.39. The Morgan fingerprint density at radius 1 is 1.29 bits per heavy atom. The predicted molar refractivity (Wildman–Crippen MR) is 104 cm³/mol. The lowest BCUT2D eigenvalue weighted by Crippen LogP contribution is -2.51. The second kappa shape index (κ2) is 8.73. The van der Waals surface area contributed by atoms with Crippen LogP contribution in [0.3, 0.4) is 0 Å². The van der Waals surface area contributed by atoms with E-state index < -0.39 is 11.9 Å². The van der Waals surface area contributed by atoms with Gasteiger partial charge < -0.3 is 15.0 Å². The average molecular weight is 389 g/mol. The monoisotopic (exact) mass is 389 g/mol. The number of amides is 3. The van der Waals surface area contributed by atoms with E-state index in [1.807, 2.05) is 0 Å². The molecule has 28 heavy (non-hydrogen) atoms. The third-order valence-corrected chi connectivity index (χ3v) is 5.27. The summed E-state index contributed by atoms with van der Waals surface area (Å²) in [7, 11) is 0. The van der Waals surface area contributed by atoms with Crippen molar-refractivity contribution in [1.29, 1.82) is 0 Å². The number of carbonyl (C=O) groups is 2. The number of hydrogen-bond acceptors (Lipinski definition) is 3. The van der Waals surface area contributed by atoms with Gasteiger partial charge in [0.25, 0.3) is 5.91 Å². The average Bonchev–Trinajstić information content (AvgIpc) is 2.68. The van der Waals surface area contributed by atoms with Crippen molar-refractivity contribution in [1.82, 2.24) is 15.1 Å². The Kier molecular flexibility index (Phi) is 6.34. The summed E-state index contributed by atoms with van der Waals surface area (Å²) in [4.78, 5) is 29.4. The number of hydrogen-bond donors (Lipinski definition) is 1. The molecule has 0 aliphatic carbocycles. The van der Waals surface area contributed by atoms with Crippen molar-refractivity contribution >= 4 is 11.9 Å². The van der Waals surface area contributed by atoms with Gasteiger partial charge >= 0.3 is 6.03 Å². The fourth-order valence-electron chi connectivity index (χ4n) is 3.59. The Labute approximate surface area is 165 Å². The first-order valence-corrected chi connectivity index (χ1v) is 9.80. The molecule has 2 aliphatic heterocycles. The molecule has 6 nitrogen and oxygen atoms in total. The van der Waals surface area contributed by atoms with E-state index >= 15 is 0 Å². The maximum absolute atomic E-state index is 14.5. The van der Waals surface area contributed by atoms with Crippen molar-refractivity contribution in [3.63, 3.8) is 0 Å². The zero-order valence-electron chi connectivity index (χ0n) is 16.7. The number of allylic oxidation sites excluding steroid dienone is 1. The van der Waals surface area contributed by atoms with Crippen LogP contribution < -0.4 is 5.32 Å². The molecular formula is C21H28FN3O3. The standard InChI is InChI=1S/C21H28FN3O3/c1-14(2)8-9-25-15(3)18(20(26)24-10-12-28-13-11-24)19(23-21(25)27)16-6-4-5-7-17(16)22/h4-7,14,19H,8-13H2,1-3H3,(H,23,27)/t19-/m0/s1. The van der Waals surface area contributed by atoms with Gasteiger partial charge in [-0.1, -0.05) is 32.0 Å². The van der Waals surface area contributed by atoms with Gasteiger partial charge in [-0.25, -0.2) is 9.18 Å². The topological polar surface area (TPSA) is 61.9 Å². The first-order valence-electron chi connectivity index (χ1n) is 9.80. The highest BCUT2D eigenvalue weighted by Crippen LogP contribution is 2.33. The zero-order chi connectivity index (χ0) is 20.3. The van der Waals surface area contributed by atoms with Gasteiger partial charge in [0.15, 0.2) is 0 Å². The number of halogens is 1. The van der Waals surface area contributed by atoms with E-state index in [1.54, 1.807) is 34.9 Å². The number of urea groups is 1. The molecule has 7 heteroatoms. The number of ether oxygens (including phenoxy) is 1. The summed E-state index contributed by atoms with van der Waals surface area (Å²) in [5.41, 5.74) is 1.32. The molecule has 1 N–H and O–H groups in total. The molecule has 0 spiro atoms. The van der Waals surface area contributed by atoms with E-state index in [0.717, 1.165) is 6.42 Å². The Hall–Kier alpha value is -2.41. The zero-order valence-corrected chi connectivity index (χ0v) is 16.7. The van der Waals surface area contributed by atoms with E-state index in [1.165, 1.54) is 6.07 Å². The number of nitrogens with one attached hydrogen (secondary N) is 1. The molecule has 2 aliphatic rings. The Bertz CT molecular complexity index is 772. The fraction of sp³-hybridized carbons (Fsp3) is 0.524. The predicted octanol–water partition coefficient (Wildman–Crippen LogP) is 3.07. The third kappa shape index (κ3) is 4.19. The van der Waals surface area contributed by atoms with Crippen molar-refractivity contribution in [2.75, 3.05) is 32.8 Å². The summed E-state index contributed by atoms with van der Waals surface area (Å²) in [5, 5.41) is 2.86. The van der Waals surface area contributed by atoms with Gasteiger partial charge in [0.05, 0.1) is 24.8 Å². The molecule has 1 aromatic carbocycles. The number of rotatable bonds is 5. The van der Waals surface area contributed by atoms with Gasteiger partial charge in [0.1, 0.15) is 5.82 Å². The Morgan fingerprint density at radius 2 is 1.96 bits per heavy atom. The highest BCUT2D eigenvalue weighted by molar-refractivity contribution is 5.98. The molecule has 152 valence electrons. The van der Waals surface area contributed by atoms with Crippen molar-refractivity contribution in [2.24, 2.45) is 5.92 Å². The summed E-state index contributed by atoms with van der Waals surface area (Å²) in [6.07, 6.45) is 0.814. The lowest BCUT2D eigenvalue weighted by atomic mass is 9.93. The van der Waals surface area contributed by atoms with Crippen LogP contribution in [0.25, 0.3) is 0 Å². The molecule has 1 saturated heterocycles.